The van der Waals surface area contributed by atoms with Crippen molar-refractivity contribution in [3.05, 3.63) is 46.3 Å². The lowest BCUT2D eigenvalue weighted by atomic mass is 10.0. The van der Waals surface area contributed by atoms with Crippen LogP contribution in [0.3, 0.4) is 0 Å². The highest BCUT2D eigenvalue weighted by Gasteiger charge is 2.20. The van der Waals surface area contributed by atoms with E-state index in [1.807, 2.05) is 24.3 Å². The van der Waals surface area contributed by atoms with E-state index < -0.39 is 0 Å². The Balaban J connectivity index is 2.20. The molecule has 0 fully saturated rings. The minimum atomic E-state index is 0.387. The maximum atomic E-state index is 6.06. The molecular weight excluding hydrogens is 292 g/mol. The quantitative estimate of drug-likeness (QED) is 0.751. The van der Waals surface area contributed by atoms with Crippen LogP contribution in [0, 0.1) is 0 Å². The fraction of sp³-hybridized carbons (Fsp3) is 0.133. The van der Waals surface area contributed by atoms with Crippen LogP contribution in [0.25, 0.3) is 21.8 Å². The van der Waals surface area contributed by atoms with Gasteiger partial charge in [0.05, 0.1) is 10.4 Å². The summed E-state index contributed by atoms with van der Waals surface area (Å²) in [4.78, 5) is 1.08. The van der Waals surface area contributed by atoms with Gasteiger partial charge in [-0.25, -0.2) is 0 Å². The van der Waals surface area contributed by atoms with Gasteiger partial charge in [-0.15, -0.1) is 11.3 Å². The molecule has 0 saturated heterocycles. The Labute approximate surface area is 126 Å². The van der Waals surface area contributed by atoms with Crippen molar-refractivity contribution in [2.75, 3.05) is 5.73 Å². The number of anilines is 1. The Morgan fingerprint density at radius 3 is 2.95 bits per heavy atom. The zero-order chi connectivity index (χ0) is 14.1. The van der Waals surface area contributed by atoms with Gasteiger partial charge < -0.3 is 10.3 Å². The number of nitrogen functional groups attached to an aromatic ring is 1. The fourth-order valence-electron chi connectivity index (χ4n) is 2.19. The molecule has 20 heavy (non-hydrogen) atoms. The molecule has 2 aromatic heterocycles. The molecule has 0 aliphatic carbocycles. The van der Waals surface area contributed by atoms with E-state index in [2.05, 4.69) is 23.5 Å². The normalized spacial score (nSPS) is 10.9. The van der Waals surface area contributed by atoms with Crippen LogP contribution in [-0.2, 0) is 6.42 Å². The first kappa shape index (κ1) is 13.2. The molecule has 0 spiro atoms. The Hall–Kier alpha value is -1.78. The topological polar surface area (TPSA) is 52.0 Å². The third-order valence-electron chi connectivity index (χ3n) is 3.17. The van der Waals surface area contributed by atoms with E-state index >= 15 is 0 Å². The first-order valence-electron chi connectivity index (χ1n) is 6.28. The van der Waals surface area contributed by atoms with Gasteiger partial charge in [-0.1, -0.05) is 35.8 Å². The van der Waals surface area contributed by atoms with Gasteiger partial charge in [-0.2, -0.15) is 0 Å². The number of thiophene rings is 1. The zero-order valence-corrected chi connectivity index (χ0v) is 12.5. The second-order valence-electron chi connectivity index (χ2n) is 4.41. The number of aromatic nitrogens is 1. The first-order chi connectivity index (χ1) is 9.70. The smallest absolute Gasteiger partial charge is 0.187 e. The van der Waals surface area contributed by atoms with Gasteiger partial charge in [0.25, 0.3) is 0 Å². The second kappa shape index (κ2) is 5.31. The predicted molar refractivity (Wildman–Crippen MR) is 84.1 cm³/mol. The molecule has 3 nitrogen and oxygen atoms in total. The third-order valence-corrected chi connectivity index (χ3v) is 4.36. The van der Waals surface area contributed by atoms with E-state index in [0.717, 1.165) is 28.2 Å². The molecule has 0 aliphatic rings. The molecule has 5 heteroatoms. The largest absolute Gasteiger partial charge is 0.380 e. The highest BCUT2D eigenvalue weighted by molar-refractivity contribution is 7.13. The highest BCUT2D eigenvalue weighted by atomic mass is 35.5. The molecule has 0 amide bonds. The number of nitrogens with zero attached hydrogens (tertiary/aromatic N) is 1. The van der Waals surface area contributed by atoms with E-state index in [0.29, 0.717) is 10.8 Å². The summed E-state index contributed by atoms with van der Waals surface area (Å²) in [5, 5.41) is 6.63. The lowest BCUT2D eigenvalue weighted by molar-refractivity contribution is 0.436. The molecule has 0 radical (unpaired) electrons. The standard InChI is InChI=1S/C15H13ClN2OS/c1-2-9-6-7-20-14(9)13-12(15(17)18-19-13)10-4-3-5-11(16)8-10/h3-8H,2H2,1H3,(H2,17,18). The summed E-state index contributed by atoms with van der Waals surface area (Å²) in [5.41, 5.74) is 8.94. The van der Waals surface area contributed by atoms with Crippen molar-refractivity contribution in [3.8, 4) is 21.8 Å². The number of nitrogens with two attached hydrogens (primary N) is 1. The summed E-state index contributed by atoms with van der Waals surface area (Å²) in [6.07, 6.45) is 0.939. The van der Waals surface area contributed by atoms with Gasteiger partial charge in [-0.3, -0.25) is 0 Å². The van der Waals surface area contributed by atoms with Gasteiger partial charge in [0.1, 0.15) is 0 Å². The zero-order valence-electron chi connectivity index (χ0n) is 10.9. The molecule has 0 atom stereocenters. The van der Waals surface area contributed by atoms with Crippen LogP contribution < -0.4 is 5.73 Å². The number of halogens is 1. The summed E-state index contributed by atoms with van der Waals surface area (Å²) in [5.74, 6) is 1.11. The molecule has 2 N–H and O–H groups in total. The van der Waals surface area contributed by atoms with Gasteiger partial charge >= 0.3 is 0 Å². The molecular formula is C15H13ClN2OS. The Morgan fingerprint density at radius 1 is 1.35 bits per heavy atom. The van der Waals surface area contributed by atoms with E-state index in [4.69, 9.17) is 21.9 Å². The lowest BCUT2D eigenvalue weighted by Crippen LogP contribution is -1.89. The average Bonchev–Trinajstić information content (AvgIpc) is 3.04. The van der Waals surface area contributed by atoms with Crippen LogP contribution in [0.15, 0.2) is 40.2 Å². The summed E-state index contributed by atoms with van der Waals surface area (Å²) >= 11 is 7.69. The van der Waals surface area contributed by atoms with Crippen LogP contribution in [-0.4, -0.2) is 5.16 Å². The minimum Gasteiger partial charge on any atom is -0.380 e. The van der Waals surface area contributed by atoms with Crippen molar-refractivity contribution in [2.24, 2.45) is 0 Å². The fourth-order valence-corrected chi connectivity index (χ4v) is 3.36. The molecule has 0 aliphatic heterocycles. The summed E-state index contributed by atoms with van der Waals surface area (Å²) < 4.78 is 5.47. The molecule has 0 bridgehead atoms. The van der Waals surface area contributed by atoms with Crippen molar-refractivity contribution >= 4 is 28.8 Å². The molecule has 3 aromatic rings. The number of aryl methyl sites for hydroxylation is 1. The second-order valence-corrected chi connectivity index (χ2v) is 5.76. The van der Waals surface area contributed by atoms with Gasteiger partial charge in [-0.05, 0) is 41.1 Å². The molecule has 1 aromatic carbocycles. The van der Waals surface area contributed by atoms with Crippen molar-refractivity contribution in [1.82, 2.24) is 5.16 Å². The lowest BCUT2D eigenvalue weighted by Gasteiger charge is -2.03. The first-order valence-corrected chi connectivity index (χ1v) is 7.54. The SMILES string of the molecule is CCc1ccsc1-c1onc(N)c1-c1cccc(Cl)c1. The van der Waals surface area contributed by atoms with Crippen LogP contribution in [0.2, 0.25) is 5.02 Å². The molecule has 0 saturated carbocycles. The van der Waals surface area contributed by atoms with E-state index in [1.165, 1.54) is 5.56 Å². The van der Waals surface area contributed by atoms with E-state index in [-0.39, 0.29) is 0 Å². The maximum Gasteiger partial charge on any atom is 0.187 e. The van der Waals surface area contributed by atoms with Crippen molar-refractivity contribution in [1.29, 1.82) is 0 Å². The van der Waals surface area contributed by atoms with Crippen LogP contribution >= 0.6 is 22.9 Å². The van der Waals surface area contributed by atoms with E-state index in [1.54, 1.807) is 11.3 Å². The Bertz CT molecular complexity index is 748. The highest BCUT2D eigenvalue weighted by Crippen LogP contribution is 2.41. The van der Waals surface area contributed by atoms with Crippen LogP contribution in [0.4, 0.5) is 5.82 Å². The average molecular weight is 305 g/mol. The number of rotatable bonds is 3. The molecule has 3 rings (SSSR count). The van der Waals surface area contributed by atoms with Crippen molar-refractivity contribution in [3.63, 3.8) is 0 Å². The molecule has 2 heterocycles. The molecule has 0 unspecified atom stereocenters. The van der Waals surface area contributed by atoms with E-state index in [9.17, 15) is 0 Å². The van der Waals surface area contributed by atoms with Crippen LogP contribution in [0.1, 0.15) is 12.5 Å². The maximum absolute atomic E-state index is 6.06. The summed E-state index contributed by atoms with van der Waals surface area (Å²) in [6.45, 7) is 2.12. The number of hydrogen-bond acceptors (Lipinski definition) is 4. The van der Waals surface area contributed by atoms with Gasteiger partial charge in [0, 0.05) is 5.02 Å². The van der Waals surface area contributed by atoms with Gasteiger partial charge in [0.2, 0.25) is 0 Å². The number of hydrogen-bond donors (Lipinski definition) is 1. The number of benzene rings is 1. The van der Waals surface area contributed by atoms with Crippen molar-refractivity contribution in [2.45, 2.75) is 13.3 Å². The predicted octanol–water partition coefficient (Wildman–Crippen LogP) is 4.87. The summed E-state index contributed by atoms with van der Waals surface area (Å²) in [7, 11) is 0. The molecule has 102 valence electrons. The van der Waals surface area contributed by atoms with Gasteiger partial charge in [0.15, 0.2) is 11.6 Å². The third kappa shape index (κ3) is 2.21. The Morgan fingerprint density at radius 2 is 2.20 bits per heavy atom. The summed E-state index contributed by atoms with van der Waals surface area (Å²) in [6, 6.07) is 9.64. The monoisotopic (exact) mass is 304 g/mol. The van der Waals surface area contributed by atoms with Crippen molar-refractivity contribution < 1.29 is 4.52 Å². The Kier molecular flexibility index (Phi) is 3.51. The van der Waals surface area contributed by atoms with Crippen LogP contribution in [0.5, 0.6) is 0 Å². The minimum absolute atomic E-state index is 0.387.